The molecule has 11 nitrogen and oxygen atoms in total. The first-order valence-corrected chi connectivity index (χ1v) is 9.97. The summed E-state index contributed by atoms with van der Waals surface area (Å²) in [7, 11) is -15.1. The quantitative estimate of drug-likeness (QED) is 0.500. The Kier molecular flexibility index (Phi) is 4.13. The molecule has 3 N–H and O–H groups in total. The fraction of sp³-hybridized carbons (Fsp3) is 0. The van der Waals surface area contributed by atoms with Gasteiger partial charge in [0.15, 0.2) is 9.87 Å². The molecule has 0 saturated carbocycles. The maximum Gasteiger partial charge on any atom is 0.406 e. The second kappa shape index (κ2) is 5.44. The van der Waals surface area contributed by atoms with Crippen molar-refractivity contribution in [3.05, 3.63) is 29.2 Å². The average molecular weight is 395 g/mol. The minimum absolute atomic E-state index is 0.399. The summed E-state index contributed by atoms with van der Waals surface area (Å²) in [4.78, 5) is -0.612. The minimum Gasteiger partial charge on any atom is -0.282 e. The highest BCUT2D eigenvalue weighted by Crippen LogP contribution is 2.37. The molecule has 0 saturated heterocycles. The van der Waals surface area contributed by atoms with Crippen LogP contribution >= 0.6 is 0 Å². The van der Waals surface area contributed by atoms with Crippen LogP contribution < -0.4 is 0 Å². The standard InChI is InChI=1S/C10H6N2O9S3/c11-12-8-2-1-6-7(10(8)24(19,20)21)3-5(22(13,14)15)4-9(6)23(16,17)18/h1-4H,(H2-,13,14,15,16,17,18,19,20,21)/p+1. The first-order chi connectivity index (χ1) is 10.8. The van der Waals surface area contributed by atoms with Gasteiger partial charge in [0, 0.05) is 16.8 Å². The van der Waals surface area contributed by atoms with Crippen LogP contribution in [0.3, 0.4) is 0 Å². The molecule has 0 atom stereocenters. The highest BCUT2D eigenvalue weighted by atomic mass is 32.2. The third-order valence-electron chi connectivity index (χ3n) is 2.94. The van der Waals surface area contributed by atoms with Crippen LogP contribution in [0.1, 0.15) is 0 Å². The number of benzene rings is 2. The normalized spacial score (nSPS) is 12.9. The van der Waals surface area contributed by atoms with Gasteiger partial charge in [-0.3, -0.25) is 13.7 Å². The van der Waals surface area contributed by atoms with Gasteiger partial charge in [0.1, 0.15) is 4.90 Å². The molecule has 128 valence electrons. The van der Waals surface area contributed by atoms with E-state index in [1.54, 1.807) is 0 Å². The summed E-state index contributed by atoms with van der Waals surface area (Å²) in [6.45, 7) is 0. The average Bonchev–Trinajstić information content (AvgIpc) is 2.41. The smallest absolute Gasteiger partial charge is 0.282 e. The molecule has 0 aliphatic carbocycles. The Morgan fingerprint density at radius 3 is 1.79 bits per heavy atom. The van der Waals surface area contributed by atoms with Crippen LogP contribution in [0.15, 0.2) is 39.0 Å². The van der Waals surface area contributed by atoms with E-state index in [0.29, 0.717) is 12.1 Å². The van der Waals surface area contributed by atoms with E-state index in [4.69, 9.17) is 9.95 Å². The van der Waals surface area contributed by atoms with Gasteiger partial charge in [-0.15, -0.1) is 0 Å². The van der Waals surface area contributed by atoms with Crippen LogP contribution in [0.5, 0.6) is 0 Å². The third-order valence-corrected chi connectivity index (χ3v) is 5.61. The third kappa shape index (κ3) is 3.21. The van der Waals surface area contributed by atoms with Crippen LogP contribution in [0.4, 0.5) is 5.69 Å². The molecule has 0 spiro atoms. The molecule has 14 heteroatoms. The number of diazo groups is 1. The van der Waals surface area contributed by atoms with E-state index in [2.05, 4.69) is 4.98 Å². The number of fused-ring (bicyclic) bond motifs is 1. The predicted octanol–water partition coefficient (Wildman–Crippen LogP) is 1.06. The molecular weight excluding hydrogens is 388 g/mol. The zero-order valence-electron chi connectivity index (χ0n) is 11.2. The van der Waals surface area contributed by atoms with Gasteiger partial charge in [-0.05, 0) is 18.2 Å². The summed E-state index contributed by atoms with van der Waals surface area (Å²) in [5.74, 6) is 0. The van der Waals surface area contributed by atoms with Crippen molar-refractivity contribution in [1.82, 2.24) is 0 Å². The predicted molar refractivity (Wildman–Crippen MR) is 78.1 cm³/mol. The second-order valence-corrected chi connectivity index (χ2v) is 8.63. The number of rotatable bonds is 3. The van der Waals surface area contributed by atoms with Crippen molar-refractivity contribution in [3.63, 3.8) is 0 Å². The zero-order chi connectivity index (χ0) is 18.5. The molecule has 0 aliphatic rings. The van der Waals surface area contributed by atoms with Crippen molar-refractivity contribution < 1.29 is 38.9 Å². The Bertz CT molecular complexity index is 1220. The van der Waals surface area contributed by atoms with Crippen molar-refractivity contribution in [2.45, 2.75) is 14.7 Å². The lowest BCUT2D eigenvalue weighted by Crippen LogP contribution is -2.07. The fourth-order valence-electron chi connectivity index (χ4n) is 2.05. The van der Waals surface area contributed by atoms with Crippen molar-refractivity contribution in [2.75, 3.05) is 0 Å². The molecule has 0 bridgehead atoms. The van der Waals surface area contributed by atoms with E-state index >= 15 is 0 Å². The molecular formula is C10H7N2O9S3+. The van der Waals surface area contributed by atoms with Crippen molar-refractivity contribution in [1.29, 1.82) is 5.39 Å². The molecule has 0 heterocycles. The van der Waals surface area contributed by atoms with Gasteiger partial charge in [-0.2, -0.15) is 25.3 Å². The fourth-order valence-corrected chi connectivity index (χ4v) is 4.21. The molecule has 2 aromatic carbocycles. The number of hydrogen-bond acceptors (Lipinski definition) is 7. The Hall–Kier alpha value is -2.15. The summed E-state index contributed by atoms with van der Waals surface area (Å²) in [6, 6.07) is 2.66. The molecule has 0 amide bonds. The lowest BCUT2D eigenvalue weighted by molar-refractivity contribution is 0.478. The molecule has 0 unspecified atom stereocenters. The maximum absolute atomic E-state index is 11.5. The first-order valence-electron chi connectivity index (χ1n) is 5.65. The minimum atomic E-state index is -5.10. The van der Waals surface area contributed by atoms with Gasteiger partial charge in [-0.1, -0.05) is 0 Å². The summed E-state index contributed by atoms with van der Waals surface area (Å²) >= 11 is 0. The van der Waals surface area contributed by atoms with Crippen molar-refractivity contribution in [2.24, 2.45) is 0 Å². The summed E-state index contributed by atoms with van der Waals surface area (Å²) in [6.07, 6.45) is 0. The molecule has 0 aliphatic heterocycles. The van der Waals surface area contributed by atoms with Crippen LogP contribution in [0, 0.1) is 5.39 Å². The van der Waals surface area contributed by atoms with Gasteiger partial charge in [0.05, 0.1) is 4.90 Å². The van der Waals surface area contributed by atoms with E-state index < -0.39 is 61.5 Å². The second-order valence-electron chi connectivity index (χ2n) is 4.46. The van der Waals surface area contributed by atoms with Crippen LogP contribution in [0.2, 0.25) is 0 Å². The Balaban J connectivity index is 3.28. The molecule has 0 fully saturated rings. The van der Waals surface area contributed by atoms with E-state index in [9.17, 15) is 34.4 Å². The van der Waals surface area contributed by atoms with Gasteiger partial charge in [-0.25, -0.2) is 0 Å². The first kappa shape index (κ1) is 18.2. The number of nitrogens with zero attached hydrogens (tertiary/aromatic N) is 2. The summed E-state index contributed by atoms with van der Waals surface area (Å²) in [5.41, 5.74) is -0.723. The Morgan fingerprint density at radius 2 is 1.38 bits per heavy atom. The highest BCUT2D eigenvalue weighted by molar-refractivity contribution is 7.87. The van der Waals surface area contributed by atoms with Gasteiger partial charge >= 0.3 is 15.8 Å². The van der Waals surface area contributed by atoms with Crippen molar-refractivity contribution in [3.8, 4) is 0 Å². The van der Waals surface area contributed by atoms with E-state index in [0.717, 1.165) is 12.1 Å². The molecule has 2 rings (SSSR count). The number of hydrogen-bond donors (Lipinski definition) is 3. The van der Waals surface area contributed by atoms with Gasteiger partial charge in [0.2, 0.25) is 5.39 Å². The van der Waals surface area contributed by atoms with E-state index in [-0.39, 0.29) is 0 Å². The van der Waals surface area contributed by atoms with Crippen molar-refractivity contribution >= 4 is 46.8 Å². The Labute approximate surface area is 135 Å². The molecule has 24 heavy (non-hydrogen) atoms. The Morgan fingerprint density at radius 1 is 0.792 bits per heavy atom. The lowest BCUT2D eigenvalue weighted by Gasteiger charge is -2.08. The highest BCUT2D eigenvalue weighted by Gasteiger charge is 2.31. The largest absolute Gasteiger partial charge is 0.406 e. The zero-order valence-corrected chi connectivity index (χ0v) is 13.7. The van der Waals surface area contributed by atoms with E-state index in [1.807, 2.05) is 0 Å². The molecule has 0 radical (unpaired) electrons. The van der Waals surface area contributed by atoms with Gasteiger partial charge in [0.25, 0.3) is 20.2 Å². The lowest BCUT2D eigenvalue weighted by atomic mass is 10.1. The van der Waals surface area contributed by atoms with Crippen LogP contribution in [-0.2, 0) is 30.4 Å². The van der Waals surface area contributed by atoms with Gasteiger partial charge < -0.3 is 0 Å². The topological polar surface area (TPSA) is 191 Å². The molecule has 2 aromatic rings. The van der Waals surface area contributed by atoms with Crippen LogP contribution in [0.25, 0.3) is 15.7 Å². The van der Waals surface area contributed by atoms with Crippen LogP contribution in [-0.4, -0.2) is 38.9 Å². The SMILES string of the molecule is N#[N+]c1ccc2c(S(=O)(=O)O)cc(S(=O)(=O)O)cc2c1S(=O)(=O)O. The van der Waals surface area contributed by atoms with E-state index in [1.165, 1.54) is 0 Å². The molecule has 0 aromatic heterocycles. The summed E-state index contributed by atoms with van der Waals surface area (Å²) < 4.78 is 96.0. The maximum atomic E-state index is 11.5. The monoisotopic (exact) mass is 395 g/mol. The summed E-state index contributed by atoms with van der Waals surface area (Å²) in [5, 5.41) is 7.61.